The first-order valence-electron chi connectivity index (χ1n) is 7.42. The van der Waals surface area contributed by atoms with Gasteiger partial charge in [-0.2, -0.15) is 0 Å². The van der Waals surface area contributed by atoms with Crippen molar-refractivity contribution in [3.8, 4) is 17.2 Å². The highest BCUT2D eigenvalue weighted by molar-refractivity contribution is 5.35. The van der Waals surface area contributed by atoms with Crippen LogP contribution in [0.1, 0.15) is 19.8 Å². The first-order chi connectivity index (χ1) is 10.4. The molecule has 0 radical (unpaired) electrons. The highest BCUT2D eigenvalue weighted by Crippen LogP contribution is 2.23. The molecule has 0 aromatic heterocycles. The van der Waals surface area contributed by atoms with Gasteiger partial charge in [-0.05, 0) is 56.2 Å². The van der Waals surface area contributed by atoms with E-state index >= 15 is 0 Å². The highest BCUT2D eigenvalue weighted by atomic mass is 16.5. The van der Waals surface area contributed by atoms with Crippen LogP contribution in [-0.2, 0) is 4.74 Å². The lowest BCUT2D eigenvalue weighted by atomic mass is 10.3. The van der Waals surface area contributed by atoms with Gasteiger partial charge in [0.2, 0.25) is 0 Å². The summed E-state index contributed by atoms with van der Waals surface area (Å²) >= 11 is 0. The number of hydrogen-bond acceptors (Lipinski definition) is 3. The topological polar surface area (TPSA) is 27.7 Å². The van der Waals surface area contributed by atoms with Crippen molar-refractivity contribution in [2.24, 2.45) is 0 Å². The van der Waals surface area contributed by atoms with Crippen molar-refractivity contribution in [2.45, 2.75) is 19.8 Å². The smallest absolute Gasteiger partial charge is 0.127 e. The Morgan fingerprint density at radius 2 is 1.33 bits per heavy atom. The number of unbranched alkanes of at least 4 members (excludes halogenated alkanes) is 1. The molecule has 0 fully saturated rings. The van der Waals surface area contributed by atoms with Crippen LogP contribution in [-0.4, -0.2) is 19.8 Å². The minimum Gasteiger partial charge on any atom is -0.494 e. The predicted molar refractivity (Wildman–Crippen MR) is 84.2 cm³/mol. The zero-order valence-corrected chi connectivity index (χ0v) is 12.5. The molecule has 2 rings (SSSR count). The standard InChI is InChI=1S/C18H22O3/c1-2-19-14-6-7-15-20-16-10-12-18(13-11-16)21-17-8-4-3-5-9-17/h3-5,8-13H,2,6-7,14-15H2,1H3. The number of para-hydroxylation sites is 1. The molecule has 3 heteroatoms. The summed E-state index contributed by atoms with van der Waals surface area (Å²) in [5.74, 6) is 2.51. The summed E-state index contributed by atoms with van der Waals surface area (Å²) in [6.07, 6.45) is 2.03. The van der Waals surface area contributed by atoms with Gasteiger partial charge in [0, 0.05) is 13.2 Å². The fraction of sp³-hybridized carbons (Fsp3) is 0.333. The highest BCUT2D eigenvalue weighted by Gasteiger charge is 1.98. The van der Waals surface area contributed by atoms with E-state index in [2.05, 4.69) is 0 Å². The Kier molecular flexibility index (Phi) is 6.62. The molecular weight excluding hydrogens is 264 g/mol. The van der Waals surface area contributed by atoms with Crippen LogP contribution < -0.4 is 9.47 Å². The molecule has 0 spiro atoms. The number of hydrogen-bond donors (Lipinski definition) is 0. The van der Waals surface area contributed by atoms with Gasteiger partial charge in [-0.25, -0.2) is 0 Å². The minimum absolute atomic E-state index is 0.714. The van der Waals surface area contributed by atoms with E-state index in [0.717, 1.165) is 43.3 Å². The van der Waals surface area contributed by atoms with Gasteiger partial charge in [-0.3, -0.25) is 0 Å². The third kappa shape index (κ3) is 5.88. The molecule has 0 bridgehead atoms. The third-order valence-corrected chi connectivity index (χ3v) is 2.96. The maximum absolute atomic E-state index is 5.73. The molecule has 0 aliphatic rings. The Bertz CT molecular complexity index is 494. The van der Waals surface area contributed by atoms with Gasteiger partial charge in [-0.15, -0.1) is 0 Å². The average molecular weight is 286 g/mol. The first-order valence-corrected chi connectivity index (χ1v) is 7.42. The van der Waals surface area contributed by atoms with Crippen LogP contribution in [0.15, 0.2) is 54.6 Å². The molecule has 112 valence electrons. The Hall–Kier alpha value is -2.00. The second-order valence-electron chi connectivity index (χ2n) is 4.64. The zero-order chi connectivity index (χ0) is 14.8. The summed E-state index contributed by atoms with van der Waals surface area (Å²) in [5.41, 5.74) is 0. The quantitative estimate of drug-likeness (QED) is 0.627. The van der Waals surface area contributed by atoms with Gasteiger partial charge in [0.15, 0.2) is 0 Å². The lowest BCUT2D eigenvalue weighted by Gasteiger charge is -2.08. The van der Waals surface area contributed by atoms with Crippen molar-refractivity contribution in [1.29, 1.82) is 0 Å². The van der Waals surface area contributed by atoms with Crippen LogP contribution in [0.3, 0.4) is 0 Å². The molecule has 0 N–H and O–H groups in total. The van der Waals surface area contributed by atoms with E-state index in [1.54, 1.807) is 0 Å². The normalized spacial score (nSPS) is 10.3. The van der Waals surface area contributed by atoms with Crippen molar-refractivity contribution in [3.05, 3.63) is 54.6 Å². The number of benzene rings is 2. The maximum atomic E-state index is 5.73. The molecule has 0 aliphatic carbocycles. The van der Waals surface area contributed by atoms with E-state index in [-0.39, 0.29) is 0 Å². The van der Waals surface area contributed by atoms with Gasteiger partial charge >= 0.3 is 0 Å². The van der Waals surface area contributed by atoms with Crippen LogP contribution in [0.2, 0.25) is 0 Å². The summed E-state index contributed by atoms with van der Waals surface area (Å²) in [7, 11) is 0. The number of rotatable bonds is 9. The Morgan fingerprint density at radius 3 is 2.05 bits per heavy atom. The lowest BCUT2D eigenvalue weighted by Crippen LogP contribution is -2.00. The molecule has 3 nitrogen and oxygen atoms in total. The maximum Gasteiger partial charge on any atom is 0.127 e. The van der Waals surface area contributed by atoms with E-state index in [1.165, 1.54) is 0 Å². The number of ether oxygens (including phenoxy) is 3. The second kappa shape index (κ2) is 9.03. The summed E-state index contributed by atoms with van der Waals surface area (Å²) in [4.78, 5) is 0. The summed E-state index contributed by atoms with van der Waals surface area (Å²) in [5, 5.41) is 0. The molecule has 2 aromatic rings. The van der Waals surface area contributed by atoms with Gasteiger partial charge in [-0.1, -0.05) is 18.2 Å². The minimum atomic E-state index is 0.714. The van der Waals surface area contributed by atoms with Crippen LogP contribution in [0.5, 0.6) is 17.2 Å². The molecule has 21 heavy (non-hydrogen) atoms. The van der Waals surface area contributed by atoms with Gasteiger partial charge in [0.05, 0.1) is 6.61 Å². The SMILES string of the molecule is CCOCCCCOc1ccc(Oc2ccccc2)cc1. The molecule has 0 unspecified atom stereocenters. The van der Waals surface area contributed by atoms with E-state index in [0.29, 0.717) is 6.61 Å². The molecule has 0 saturated carbocycles. The lowest BCUT2D eigenvalue weighted by molar-refractivity contribution is 0.138. The van der Waals surface area contributed by atoms with E-state index in [9.17, 15) is 0 Å². The second-order valence-corrected chi connectivity index (χ2v) is 4.64. The molecule has 0 atom stereocenters. The van der Waals surface area contributed by atoms with Gasteiger partial charge < -0.3 is 14.2 Å². The molecule has 0 saturated heterocycles. The van der Waals surface area contributed by atoms with Gasteiger partial charge in [0.1, 0.15) is 17.2 Å². The van der Waals surface area contributed by atoms with Crippen molar-refractivity contribution >= 4 is 0 Å². The fourth-order valence-electron chi connectivity index (χ4n) is 1.87. The van der Waals surface area contributed by atoms with Gasteiger partial charge in [0.25, 0.3) is 0 Å². The van der Waals surface area contributed by atoms with E-state index in [4.69, 9.17) is 14.2 Å². The summed E-state index contributed by atoms with van der Waals surface area (Å²) in [6, 6.07) is 17.4. The van der Waals surface area contributed by atoms with Crippen molar-refractivity contribution in [2.75, 3.05) is 19.8 Å². The Labute approximate surface area is 126 Å². The monoisotopic (exact) mass is 286 g/mol. The zero-order valence-electron chi connectivity index (χ0n) is 12.5. The largest absolute Gasteiger partial charge is 0.494 e. The molecule has 2 aromatic carbocycles. The Morgan fingerprint density at radius 1 is 0.714 bits per heavy atom. The average Bonchev–Trinajstić information content (AvgIpc) is 2.53. The van der Waals surface area contributed by atoms with Crippen LogP contribution in [0.25, 0.3) is 0 Å². The van der Waals surface area contributed by atoms with Crippen LogP contribution >= 0.6 is 0 Å². The third-order valence-electron chi connectivity index (χ3n) is 2.96. The fourth-order valence-corrected chi connectivity index (χ4v) is 1.87. The van der Waals surface area contributed by atoms with Crippen molar-refractivity contribution in [3.63, 3.8) is 0 Å². The first kappa shape index (κ1) is 15.4. The van der Waals surface area contributed by atoms with Crippen molar-refractivity contribution in [1.82, 2.24) is 0 Å². The molecular formula is C18H22O3. The van der Waals surface area contributed by atoms with Crippen molar-refractivity contribution < 1.29 is 14.2 Å². The summed E-state index contributed by atoms with van der Waals surface area (Å²) < 4.78 is 16.7. The molecule has 0 heterocycles. The van der Waals surface area contributed by atoms with Crippen LogP contribution in [0, 0.1) is 0 Å². The molecule has 0 amide bonds. The summed E-state index contributed by atoms with van der Waals surface area (Å²) in [6.45, 7) is 4.31. The van der Waals surface area contributed by atoms with Crippen LogP contribution in [0.4, 0.5) is 0 Å². The predicted octanol–water partition coefficient (Wildman–Crippen LogP) is 4.67. The molecule has 0 aliphatic heterocycles. The van der Waals surface area contributed by atoms with E-state index in [1.807, 2.05) is 61.5 Å². The van der Waals surface area contributed by atoms with E-state index < -0.39 is 0 Å². The Balaban J connectivity index is 1.72.